The summed E-state index contributed by atoms with van der Waals surface area (Å²) in [6.07, 6.45) is 3.88. The van der Waals surface area contributed by atoms with Gasteiger partial charge in [0.25, 0.3) is 0 Å². The molecule has 68 valence electrons. The fourth-order valence-corrected chi connectivity index (χ4v) is 0.700. The van der Waals surface area contributed by atoms with Crippen LogP contribution >= 0.6 is 0 Å². The molecule has 1 atom stereocenters. The molecule has 0 aromatic carbocycles. The molecule has 0 spiro atoms. The number of allylic oxidation sites excluding steroid dienone is 1. The van der Waals surface area contributed by atoms with Crippen molar-refractivity contribution >= 4 is 0 Å². The zero-order valence-electron chi connectivity index (χ0n) is 7.51. The number of hydrogen-bond acceptors (Lipinski definition) is 2. The van der Waals surface area contributed by atoms with Crippen molar-refractivity contribution in [1.82, 2.24) is 0 Å². The van der Waals surface area contributed by atoms with Gasteiger partial charge in [0, 0.05) is 24.0 Å². The third-order valence-electron chi connectivity index (χ3n) is 1.38. The summed E-state index contributed by atoms with van der Waals surface area (Å²) in [5.41, 5.74) is 8.04. The number of hydrogen-bond donors (Lipinski definition) is 1. The van der Waals surface area contributed by atoms with Gasteiger partial charge in [-0.05, 0) is 11.4 Å². The van der Waals surface area contributed by atoms with E-state index in [-0.39, 0.29) is 12.5 Å². The average Bonchev–Trinajstić information content (AvgIpc) is 2.05. The van der Waals surface area contributed by atoms with Crippen LogP contribution in [-0.4, -0.2) is 18.3 Å². The van der Waals surface area contributed by atoms with Gasteiger partial charge in [0.2, 0.25) is 0 Å². The molecule has 0 aliphatic heterocycles. The molecule has 0 saturated heterocycles. The predicted molar refractivity (Wildman–Crippen MR) is 48.6 cm³/mol. The Morgan fingerprint density at radius 1 is 1.50 bits per heavy atom. The first-order valence-corrected chi connectivity index (χ1v) is 4.00. The summed E-state index contributed by atoms with van der Waals surface area (Å²) < 4.78 is 0. The van der Waals surface area contributed by atoms with Crippen LogP contribution in [0.5, 0.6) is 0 Å². The van der Waals surface area contributed by atoms with Crippen LogP contribution in [0.4, 0.5) is 0 Å². The second-order valence-corrected chi connectivity index (χ2v) is 2.99. The molecule has 0 aliphatic rings. The predicted octanol–water partition coefficient (Wildman–Crippen LogP) is 2.12. The SMILES string of the molecule is CC(C)/C=C/[C@@H](CO)CN=[N+]=[N-]. The van der Waals surface area contributed by atoms with Crippen molar-refractivity contribution in [3.63, 3.8) is 0 Å². The van der Waals surface area contributed by atoms with Crippen molar-refractivity contribution in [3.05, 3.63) is 22.6 Å². The lowest BCUT2D eigenvalue weighted by Crippen LogP contribution is -2.06. The Bertz CT molecular complexity index is 183. The maximum Gasteiger partial charge on any atom is 0.0495 e. The number of nitrogens with zero attached hydrogens (tertiary/aromatic N) is 3. The summed E-state index contributed by atoms with van der Waals surface area (Å²) in [5, 5.41) is 12.2. The number of rotatable bonds is 5. The lowest BCUT2D eigenvalue weighted by atomic mass is 10.1. The van der Waals surface area contributed by atoms with Crippen LogP contribution in [0.2, 0.25) is 0 Å². The zero-order chi connectivity index (χ0) is 9.40. The van der Waals surface area contributed by atoms with Crippen molar-refractivity contribution in [2.75, 3.05) is 13.2 Å². The third-order valence-corrected chi connectivity index (χ3v) is 1.38. The first kappa shape index (κ1) is 11.0. The molecular formula is C8H15N3O. The maximum absolute atomic E-state index is 8.83. The van der Waals surface area contributed by atoms with E-state index in [1.807, 2.05) is 12.2 Å². The normalized spacial score (nSPS) is 13.3. The zero-order valence-corrected chi connectivity index (χ0v) is 7.51. The van der Waals surface area contributed by atoms with Crippen LogP contribution in [0.15, 0.2) is 17.3 Å². The van der Waals surface area contributed by atoms with Crippen molar-refractivity contribution in [3.8, 4) is 0 Å². The Morgan fingerprint density at radius 2 is 2.17 bits per heavy atom. The number of aliphatic hydroxyl groups excluding tert-OH is 1. The second kappa shape index (κ2) is 6.70. The van der Waals surface area contributed by atoms with Gasteiger partial charge in [-0.1, -0.05) is 31.1 Å². The minimum absolute atomic E-state index is 0.0300. The standard InChI is InChI=1S/C8H15N3O/c1-7(2)3-4-8(6-12)5-10-11-9/h3-4,7-8,12H,5-6H2,1-2H3/b4-3+/t8-/m1/s1. The Kier molecular flexibility index (Phi) is 6.15. The second-order valence-electron chi connectivity index (χ2n) is 2.99. The van der Waals surface area contributed by atoms with Crippen LogP contribution < -0.4 is 0 Å². The van der Waals surface area contributed by atoms with Crippen molar-refractivity contribution in [2.45, 2.75) is 13.8 Å². The van der Waals surface area contributed by atoms with Crippen LogP contribution in [0, 0.1) is 11.8 Å². The molecule has 0 saturated carbocycles. The minimum Gasteiger partial charge on any atom is -0.396 e. The van der Waals surface area contributed by atoms with E-state index in [2.05, 4.69) is 23.9 Å². The highest BCUT2D eigenvalue weighted by Crippen LogP contribution is 2.02. The van der Waals surface area contributed by atoms with E-state index in [0.29, 0.717) is 12.5 Å². The molecule has 0 radical (unpaired) electrons. The Hall–Kier alpha value is -0.990. The largest absolute Gasteiger partial charge is 0.396 e. The minimum atomic E-state index is -0.0386. The topological polar surface area (TPSA) is 69.0 Å². The van der Waals surface area contributed by atoms with E-state index in [4.69, 9.17) is 10.6 Å². The Labute approximate surface area is 72.5 Å². The first-order chi connectivity index (χ1) is 5.70. The molecule has 0 aromatic heterocycles. The molecule has 0 aromatic rings. The van der Waals surface area contributed by atoms with E-state index in [9.17, 15) is 0 Å². The average molecular weight is 169 g/mol. The van der Waals surface area contributed by atoms with Gasteiger partial charge in [0.05, 0.1) is 0 Å². The molecular weight excluding hydrogens is 154 g/mol. The summed E-state index contributed by atoms with van der Waals surface area (Å²) in [4.78, 5) is 2.63. The summed E-state index contributed by atoms with van der Waals surface area (Å²) in [7, 11) is 0. The lowest BCUT2D eigenvalue weighted by molar-refractivity contribution is 0.255. The fourth-order valence-electron chi connectivity index (χ4n) is 0.700. The summed E-state index contributed by atoms with van der Waals surface area (Å²) in [6, 6.07) is 0. The molecule has 0 rings (SSSR count). The van der Waals surface area contributed by atoms with Crippen LogP contribution in [0.1, 0.15) is 13.8 Å². The molecule has 0 amide bonds. The smallest absolute Gasteiger partial charge is 0.0495 e. The Morgan fingerprint density at radius 3 is 2.58 bits per heavy atom. The van der Waals surface area contributed by atoms with E-state index >= 15 is 0 Å². The number of azide groups is 1. The highest BCUT2D eigenvalue weighted by Gasteiger charge is 2.00. The van der Waals surface area contributed by atoms with E-state index in [0.717, 1.165) is 0 Å². The lowest BCUT2D eigenvalue weighted by Gasteiger charge is -2.04. The molecule has 12 heavy (non-hydrogen) atoms. The summed E-state index contributed by atoms with van der Waals surface area (Å²) in [6.45, 7) is 4.47. The van der Waals surface area contributed by atoms with Gasteiger partial charge in [0.1, 0.15) is 0 Å². The monoisotopic (exact) mass is 169 g/mol. The van der Waals surface area contributed by atoms with E-state index < -0.39 is 0 Å². The summed E-state index contributed by atoms with van der Waals surface area (Å²) in [5.74, 6) is 0.424. The molecule has 0 unspecified atom stereocenters. The highest BCUT2D eigenvalue weighted by molar-refractivity contribution is 4.91. The van der Waals surface area contributed by atoms with Gasteiger partial charge in [-0.15, -0.1) is 0 Å². The third kappa shape index (κ3) is 5.77. The number of aliphatic hydroxyl groups is 1. The van der Waals surface area contributed by atoms with Gasteiger partial charge < -0.3 is 5.11 Å². The van der Waals surface area contributed by atoms with E-state index in [1.165, 1.54) is 0 Å². The molecule has 4 nitrogen and oxygen atoms in total. The van der Waals surface area contributed by atoms with Crippen molar-refractivity contribution in [2.24, 2.45) is 17.0 Å². The fraction of sp³-hybridized carbons (Fsp3) is 0.750. The molecule has 0 bridgehead atoms. The van der Waals surface area contributed by atoms with Gasteiger partial charge in [-0.25, -0.2) is 0 Å². The van der Waals surface area contributed by atoms with Gasteiger partial charge in [-0.2, -0.15) is 0 Å². The van der Waals surface area contributed by atoms with Crippen LogP contribution in [0.25, 0.3) is 10.4 Å². The van der Waals surface area contributed by atoms with Crippen LogP contribution in [-0.2, 0) is 0 Å². The van der Waals surface area contributed by atoms with Gasteiger partial charge >= 0.3 is 0 Å². The molecule has 1 N–H and O–H groups in total. The van der Waals surface area contributed by atoms with Crippen molar-refractivity contribution < 1.29 is 5.11 Å². The molecule has 0 heterocycles. The molecule has 4 heteroatoms. The summed E-state index contributed by atoms with van der Waals surface area (Å²) >= 11 is 0. The highest BCUT2D eigenvalue weighted by atomic mass is 16.3. The van der Waals surface area contributed by atoms with E-state index in [1.54, 1.807) is 0 Å². The maximum atomic E-state index is 8.83. The quantitative estimate of drug-likeness (QED) is 0.291. The molecule has 0 fully saturated rings. The van der Waals surface area contributed by atoms with Crippen molar-refractivity contribution in [1.29, 1.82) is 0 Å². The molecule has 0 aliphatic carbocycles. The first-order valence-electron chi connectivity index (χ1n) is 4.00. The Balaban J connectivity index is 3.89. The van der Waals surface area contributed by atoms with Gasteiger partial charge in [-0.3, -0.25) is 0 Å². The van der Waals surface area contributed by atoms with Crippen LogP contribution in [0.3, 0.4) is 0 Å². The van der Waals surface area contributed by atoms with Gasteiger partial charge in [0.15, 0.2) is 0 Å².